The fourth-order valence-electron chi connectivity index (χ4n) is 8.81. The molecule has 0 aromatic heterocycles. The number of phosphoric ester groups is 1. The van der Waals surface area contributed by atoms with E-state index in [2.05, 4.69) is 62.5 Å². The van der Waals surface area contributed by atoms with Crippen molar-refractivity contribution in [1.82, 2.24) is 0 Å². The third-order valence-electron chi connectivity index (χ3n) is 13.2. The lowest BCUT2D eigenvalue weighted by atomic mass is 10.0. The summed E-state index contributed by atoms with van der Waals surface area (Å²) in [5.74, 6) is -0.811. The molecule has 416 valence electrons. The number of hydrogen-bond acceptors (Lipinski definition) is 8. The molecule has 0 aromatic rings. The summed E-state index contributed by atoms with van der Waals surface area (Å²) in [4.78, 5) is 35.2. The summed E-state index contributed by atoms with van der Waals surface area (Å²) in [5, 5.41) is 0. The maximum absolute atomic E-state index is 12.7. The molecular weight excluding hydrogens is 906 g/mol. The van der Waals surface area contributed by atoms with Crippen LogP contribution in [0.5, 0.6) is 0 Å². The van der Waals surface area contributed by atoms with Gasteiger partial charge in [0.1, 0.15) is 6.61 Å². The summed E-state index contributed by atoms with van der Waals surface area (Å²) < 4.78 is 33.1. The van der Waals surface area contributed by atoms with Gasteiger partial charge in [-0.3, -0.25) is 18.6 Å². The lowest BCUT2D eigenvalue weighted by molar-refractivity contribution is -0.161. The van der Waals surface area contributed by atoms with Crippen molar-refractivity contribution in [3.63, 3.8) is 0 Å². The average molecular weight is 1020 g/mol. The summed E-state index contributed by atoms with van der Waals surface area (Å²) in [6, 6.07) is 0. The Bertz CT molecular complexity index is 1300. The second kappa shape index (κ2) is 57.3. The number of carbonyl (C=O) groups excluding carboxylic acids is 2. The third-order valence-corrected chi connectivity index (χ3v) is 14.2. The van der Waals surface area contributed by atoms with Gasteiger partial charge < -0.3 is 20.1 Å². The summed E-state index contributed by atoms with van der Waals surface area (Å²) in [7, 11) is -4.39. The zero-order chi connectivity index (χ0) is 51.7. The Morgan fingerprint density at radius 3 is 1.15 bits per heavy atom. The molecule has 0 saturated heterocycles. The van der Waals surface area contributed by atoms with Crippen molar-refractivity contribution >= 4 is 19.8 Å². The van der Waals surface area contributed by atoms with Crippen molar-refractivity contribution in [2.24, 2.45) is 5.73 Å². The second-order valence-electron chi connectivity index (χ2n) is 20.2. The average Bonchev–Trinajstić information content (AvgIpc) is 3.36. The molecule has 9 nitrogen and oxygen atoms in total. The maximum Gasteiger partial charge on any atom is 0.472 e. The van der Waals surface area contributed by atoms with Gasteiger partial charge in [0.15, 0.2) is 6.10 Å². The smallest absolute Gasteiger partial charge is 0.462 e. The fourth-order valence-corrected chi connectivity index (χ4v) is 9.57. The second-order valence-corrected chi connectivity index (χ2v) is 21.7. The van der Waals surface area contributed by atoms with E-state index in [-0.39, 0.29) is 38.6 Å². The number of phosphoric acid groups is 1. The molecule has 0 fully saturated rings. The third kappa shape index (κ3) is 57.1. The van der Waals surface area contributed by atoms with Crippen LogP contribution in [0.3, 0.4) is 0 Å². The molecule has 0 amide bonds. The van der Waals surface area contributed by atoms with Crippen LogP contribution in [0.2, 0.25) is 0 Å². The lowest BCUT2D eigenvalue weighted by Crippen LogP contribution is -2.29. The van der Waals surface area contributed by atoms with Crippen LogP contribution >= 0.6 is 7.82 Å². The number of nitrogens with two attached hydrogens (primary N) is 1. The maximum atomic E-state index is 12.7. The number of unbranched alkanes of at least 4 members (excludes halogenated alkanes) is 36. The van der Waals surface area contributed by atoms with Crippen LogP contribution < -0.4 is 5.73 Å². The lowest BCUT2D eigenvalue weighted by Gasteiger charge is -2.19. The fraction of sp³-hybridized carbons (Fsp3) is 0.836. The highest BCUT2D eigenvalue weighted by Crippen LogP contribution is 2.43. The molecule has 10 heteroatoms. The summed E-state index contributed by atoms with van der Waals surface area (Å²) >= 11 is 0. The summed E-state index contributed by atoms with van der Waals surface area (Å²) in [6.45, 7) is 3.69. The minimum absolute atomic E-state index is 0.0549. The molecule has 71 heavy (non-hydrogen) atoms. The molecule has 0 heterocycles. The van der Waals surface area contributed by atoms with Crippen LogP contribution in [0.1, 0.15) is 296 Å². The first-order valence-electron chi connectivity index (χ1n) is 30.1. The largest absolute Gasteiger partial charge is 0.472 e. The van der Waals surface area contributed by atoms with Gasteiger partial charge in [-0.15, -0.1) is 0 Å². The predicted molar refractivity (Wildman–Crippen MR) is 303 cm³/mol. The molecule has 0 aliphatic carbocycles. The molecule has 0 aliphatic heterocycles. The molecule has 2 atom stereocenters. The van der Waals surface area contributed by atoms with Gasteiger partial charge in [0, 0.05) is 19.4 Å². The standard InChI is InChI=1S/C61H114NO8P/c1-3-5-7-9-11-13-15-17-19-21-23-25-26-27-28-29-30-31-32-34-36-38-40-42-44-46-48-50-52-54-61(64)70-59(58-69-71(65,66)68-56-55-62)57-67-60(63)53-51-49-47-45-43-41-39-37-35-33-24-22-20-18-16-14-12-10-8-6-4-2/h5,7,11,13,17,19,23,25,59H,3-4,6,8-10,12,14-16,18,20-22,24,26-58,62H2,1-2H3,(H,65,66)/b7-5-,13-11-,19-17-,25-23-. The van der Waals surface area contributed by atoms with E-state index >= 15 is 0 Å². The first-order valence-corrected chi connectivity index (χ1v) is 31.6. The monoisotopic (exact) mass is 1020 g/mol. The Morgan fingerprint density at radius 2 is 0.775 bits per heavy atom. The SMILES string of the molecule is CC/C=C\C/C=C\C/C=C\C/C=C\CCCCCCCCCCCCCCCCCCC(=O)OC(COC(=O)CCCCCCCCCCCCCCCCCCCCCCC)COP(=O)(O)OCCN. The van der Waals surface area contributed by atoms with Gasteiger partial charge in [0.2, 0.25) is 0 Å². The number of hydrogen-bond donors (Lipinski definition) is 2. The van der Waals surface area contributed by atoms with Gasteiger partial charge in [-0.05, 0) is 51.4 Å². The van der Waals surface area contributed by atoms with E-state index in [1.165, 1.54) is 199 Å². The molecule has 0 bridgehead atoms. The van der Waals surface area contributed by atoms with Crippen LogP contribution in [-0.2, 0) is 32.7 Å². The van der Waals surface area contributed by atoms with Crippen LogP contribution in [0.15, 0.2) is 48.6 Å². The van der Waals surface area contributed by atoms with E-state index in [4.69, 9.17) is 24.3 Å². The highest BCUT2D eigenvalue weighted by Gasteiger charge is 2.26. The Labute approximate surface area is 438 Å². The topological polar surface area (TPSA) is 134 Å². The predicted octanol–water partition coefficient (Wildman–Crippen LogP) is 19.0. The first kappa shape index (κ1) is 69.0. The van der Waals surface area contributed by atoms with Crippen molar-refractivity contribution in [1.29, 1.82) is 0 Å². The van der Waals surface area contributed by atoms with Gasteiger partial charge in [0.05, 0.1) is 13.2 Å². The van der Waals surface area contributed by atoms with Crippen molar-refractivity contribution < 1.29 is 37.6 Å². The van der Waals surface area contributed by atoms with Crippen molar-refractivity contribution in [2.45, 2.75) is 302 Å². The molecule has 0 spiro atoms. The van der Waals surface area contributed by atoms with Crippen LogP contribution in [0.25, 0.3) is 0 Å². The molecule has 3 N–H and O–H groups in total. The Kier molecular flexibility index (Phi) is 55.6. The Morgan fingerprint density at radius 1 is 0.437 bits per heavy atom. The number of allylic oxidation sites excluding steroid dienone is 8. The number of esters is 2. The number of ether oxygens (including phenoxy) is 2. The van der Waals surface area contributed by atoms with Gasteiger partial charge >= 0.3 is 19.8 Å². The Balaban J connectivity index is 3.91. The van der Waals surface area contributed by atoms with E-state index in [9.17, 15) is 19.0 Å². The zero-order valence-corrected chi connectivity index (χ0v) is 47.4. The molecule has 0 rings (SSSR count). The molecule has 0 aliphatic rings. The summed E-state index contributed by atoms with van der Waals surface area (Å²) in [6.07, 6.45) is 70.3. The first-order chi connectivity index (χ1) is 34.8. The van der Waals surface area contributed by atoms with E-state index in [0.29, 0.717) is 6.42 Å². The number of rotatable bonds is 57. The van der Waals surface area contributed by atoms with Gasteiger partial charge in [0.25, 0.3) is 0 Å². The summed E-state index contributed by atoms with van der Waals surface area (Å²) in [5.41, 5.74) is 5.39. The molecule has 0 saturated carbocycles. The molecular formula is C61H114NO8P. The van der Waals surface area contributed by atoms with Crippen LogP contribution in [-0.4, -0.2) is 49.3 Å². The van der Waals surface area contributed by atoms with E-state index in [0.717, 1.165) is 64.2 Å². The highest BCUT2D eigenvalue weighted by atomic mass is 31.2. The highest BCUT2D eigenvalue weighted by molar-refractivity contribution is 7.47. The van der Waals surface area contributed by atoms with Crippen molar-refractivity contribution in [3.05, 3.63) is 48.6 Å². The van der Waals surface area contributed by atoms with Crippen molar-refractivity contribution in [3.8, 4) is 0 Å². The van der Waals surface area contributed by atoms with Crippen LogP contribution in [0, 0.1) is 0 Å². The van der Waals surface area contributed by atoms with Crippen molar-refractivity contribution in [2.75, 3.05) is 26.4 Å². The quantitative estimate of drug-likeness (QED) is 0.0264. The molecule has 0 radical (unpaired) electrons. The minimum atomic E-state index is -4.39. The molecule has 2 unspecified atom stereocenters. The molecule has 0 aromatic carbocycles. The normalized spacial score (nSPS) is 13.4. The van der Waals surface area contributed by atoms with Gasteiger partial charge in [-0.2, -0.15) is 0 Å². The number of carbonyl (C=O) groups is 2. The Hall–Kier alpha value is -2.03. The van der Waals surface area contributed by atoms with Gasteiger partial charge in [-0.25, -0.2) is 4.57 Å². The van der Waals surface area contributed by atoms with Gasteiger partial charge in [-0.1, -0.05) is 281 Å². The van der Waals surface area contributed by atoms with E-state index in [1.807, 2.05) is 0 Å². The van der Waals surface area contributed by atoms with E-state index < -0.39 is 26.5 Å². The van der Waals surface area contributed by atoms with Crippen LogP contribution in [0.4, 0.5) is 0 Å². The zero-order valence-electron chi connectivity index (χ0n) is 46.5. The van der Waals surface area contributed by atoms with E-state index in [1.54, 1.807) is 0 Å². The minimum Gasteiger partial charge on any atom is -0.462 e.